The van der Waals surface area contributed by atoms with Gasteiger partial charge in [0, 0.05) is 15.3 Å². The maximum atomic E-state index is 4.43. The monoisotopic (exact) mass is 360 g/mol. The first kappa shape index (κ1) is 12.4. The van der Waals surface area contributed by atoms with Crippen LogP contribution in [-0.2, 0) is 6.54 Å². The van der Waals surface area contributed by atoms with Gasteiger partial charge in [-0.15, -0.1) is 0 Å². The highest BCUT2D eigenvalue weighted by atomic mass is 127. The predicted molar refractivity (Wildman–Crippen MR) is 85.9 cm³/mol. The number of nitrogens with zero attached hydrogens (tertiary/aromatic N) is 2. The molecule has 0 saturated heterocycles. The van der Waals surface area contributed by atoms with Crippen LogP contribution in [0.4, 0.5) is 0 Å². The molecule has 0 aliphatic rings. The van der Waals surface area contributed by atoms with E-state index in [4.69, 9.17) is 0 Å². The largest absolute Gasteiger partial charge is 0.268 e. The molecule has 3 heteroatoms. The molecular weight excluding hydrogens is 347 g/mol. The molecule has 1 aromatic heterocycles. The molecule has 2 aromatic carbocycles. The molecule has 0 N–H and O–H groups in total. The Bertz CT molecular complexity index is 657. The fourth-order valence-electron chi connectivity index (χ4n) is 2.01. The standard InChI is InChI=1S/C16H13IN2/c17-16-8-6-13(7-9-16)11-19-12-15(10-18-19)14-4-2-1-3-5-14/h1-10,12H,11H2. The van der Waals surface area contributed by atoms with Gasteiger partial charge in [-0.3, -0.25) is 4.68 Å². The number of hydrogen-bond acceptors (Lipinski definition) is 1. The van der Waals surface area contributed by atoms with E-state index in [2.05, 4.69) is 70.3 Å². The zero-order valence-electron chi connectivity index (χ0n) is 10.3. The smallest absolute Gasteiger partial charge is 0.0659 e. The van der Waals surface area contributed by atoms with Crippen molar-refractivity contribution in [1.29, 1.82) is 0 Å². The lowest BCUT2D eigenvalue weighted by molar-refractivity contribution is 0.687. The zero-order chi connectivity index (χ0) is 13.1. The Morgan fingerprint density at radius 3 is 2.37 bits per heavy atom. The Hall–Kier alpha value is -1.62. The van der Waals surface area contributed by atoms with Crippen LogP contribution in [0.25, 0.3) is 11.1 Å². The quantitative estimate of drug-likeness (QED) is 0.640. The summed E-state index contributed by atoms with van der Waals surface area (Å²) in [5.41, 5.74) is 3.63. The molecule has 0 unspecified atom stereocenters. The molecule has 0 saturated carbocycles. The average molecular weight is 360 g/mol. The van der Waals surface area contributed by atoms with Crippen LogP contribution in [0, 0.1) is 3.57 Å². The minimum Gasteiger partial charge on any atom is -0.268 e. The predicted octanol–water partition coefficient (Wildman–Crippen LogP) is 4.20. The third kappa shape index (κ3) is 3.04. The van der Waals surface area contributed by atoms with Crippen molar-refractivity contribution in [2.75, 3.05) is 0 Å². The van der Waals surface area contributed by atoms with E-state index in [9.17, 15) is 0 Å². The molecule has 0 amide bonds. The summed E-state index contributed by atoms with van der Waals surface area (Å²) in [6, 6.07) is 18.9. The molecule has 0 aliphatic heterocycles. The molecule has 2 nitrogen and oxygen atoms in total. The molecule has 1 heterocycles. The van der Waals surface area contributed by atoms with Gasteiger partial charge in [-0.05, 0) is 45.9 Å². The zero-order valence-corrected chi connectivity index (χ0v) is 12.5. The van der Waals surface area contributed by atoms with E-state index >= 15 is 0 Å². The highest BCUT2D eigenvalue weighted by Gasteiger charge is 2.01. The summed E-state index contributed by atoms with van der Waals surface area (Å²) < 4.78 is 3.23. The summed E-state index contributed by atoms with van der Waals surface area (Å²) >= 11 is 2.32. The Balaban J connectivity index is 1.80. The van der Waals surface area contributed by atoms with E-state index in [0.29, 0.717) is 0 Å². The Labute approximate surface area is 126 Å². The summed E-state index contributed by atoms with van der Waals surface area (Å²) in [6.07, 6.45) is 4.01. The van der Waals surface area contributed by atoms with Crippen molar-refractivity contribution in [1.82, 2.24) is 9.78 Å². The molecule has 0 atom stereocenters. The third-order valence-electron chi connectivity index (χ3n) is 3.00. The first-order chi connectivity index (χ1) is 9.31. The molecule has 0 aliphatic carbocycles. The Kier molecular flexibility index (Phi) is 3.64. The van der Waals surface area contributed by atoms with Crippen molar-refractivity contribution in [2.24, 2.45) is 0 Å². The van der Waals surface area contributed by atoms with Gasteiger partial charge in [-0.2, -0.15) is 5.10 Å². The fourth-order valence-corrected chi connectivity index (χ4v) is 2.37. The highest BCUT2D eigenvalue weighted by Crippen LogP contribution is 2.18. The van der Waals surface area contributed by atoms with Crippen LogP contribution in [0.3, 0.4) is 0 Å². The van der Waals surface area contributed by atoms with E-state index in [0.717, 1.165) is 12.1 Å². The van der Waals surface area contributed by atoms with Crippen LogP contribution in [0.15, 0.2) is 67.0 Å². The Morgan fingerprint density at radius 2 is 1.63 bits per heavy atom. The molecule has 0 spiro atoms. The van der Waals surface area contributed by atoms with Gasteiger partial charge in [0.1, 0.15) is 0 Å². The van der Waals surface area contributed by atoms with Crippen LogP contribution < -0.4 is 0 Å². The van der Waals surface area contributed by atoms with Crippen molar-refractivity contribution in [3.8, 4) is 11.1 Å². The number of aromatic nitrogens is 2. The van der Waals surface area contributed by atoms with Gasteiger partial charge in [0.2, 0.25) is 0 Å². The third-order valence-corrected chi connectivity index (χ3v) is 3.72. The summed E-state index contributed by atoms with van der Waals surface area (Å²) in [5, 5.41) is 4.43. The van der Waals surface area contributed by atoms with Crippen molar-refractivity contribution in [2.45, 2.75) is 6.54 Å². The van der Waals surface area contributed by atoms with Crippen molar-refractivity contribution in [3.05, 3.63) is 76.1 Å². The van der Waals surface area contributed by atoms with E-state index in [1.807, 2.05) is 29.1 Å². The molecule has 19 heavy (non-hydrogen) atoms. The second kappa shape index (κ2) is 5.57. The molecule has 0 radical (unpaired) electrons. The molecule has 3 aromatic rings. The minimum absolute atomic E-state index is 0.809. The van der Waals surface area contributed by atoms with Crippen molar-refractivity contribution in [3.63, 3.8) is 0 Å². The lowest BCUT2D eigenvalue weighted by Crippen LogP contribution is -1.99. The SMILES string of the molecule is Ic1ccc(Cn2cc(-c3ccccc3)cn2)cc1. The molecule has 0 fully saturated rings. The van der Waals surface area contributed by atoms with Gasteiger partial charge in [0.25, 0.3) is 0 Å². The van der Waals surface area contributed by atoms with E-state index < -0.39 is 0 Å². The fraction of sp³-hybridized carbons (Fsp3) is 0.0625. The summed E-state index contributed by atoms with van der Waals surface area (Å²) in [7, 11) is 0. The van der Waals surface area contributed by atoms with Crippen LogP contribution in [0.1, 0.15) is 5.56 Å². The lowest BCUT2D eigenvalue weighted by Gasteiger charge is -2.01. The number of rotatable bonds is 3. The van der Waals surface area contributed by atoms with Gasteiger partial charge in [-0.25, -0.2) is 0 Å². The van der Waals surface area contributed by atoms with Gasteiger partial charge < -0.3 is 0 Å². The minimum atomic E-state index is 0.809. The van der Waals surface area contributed by atoms with Crippen LogP contribution >= 0.6 is 22.6 Å². The maximum absolute atomic E-state index is 4.43. The van der Waals surface area contributed by atoms with Gasteiger partial charge in [0.05, 0.1) is 12.7 Å². The summed E-state index contributed by atoms with van der Waals surface area (Å²) in [6.45, 7) is 0.809. The van der Waals surface area contributed by atoms with E-state index in [1.54, 1.807) is 0 Å². The van der Waals surface area contributed by atoms with Crippen molar-refractivity contribution >= 4 is 22.6 Å². The van der Waals surface area contributed by atoms with Crippen LogP contribution in [0.2, 0.25) is 0 Å². The normalized spacial score (nSPS) is 10.6. The second-order valence-corrected chi connectivity index (χ2v) is 5.66. The van der Waals surface area contributed by atoms with E-state index in [1.165, 1.54) is 14.7 Å². The van der Waals surface area contributed by atoms with Crippen LogP contribution in [-0.4, -0.2) is 9.78 Å². The number of hydrogen-bond donors (Lipinski definition) is 0. The maximum Gasteiger partial charge on any atom is 0.0659 e. The topological polar surface area (TPSA) is 17.8 Å². The molecule has 0 bridgehead atoms. The second-order valence-electron chi connectivity index (χ2n) is 4.42. The van der Waals surface area contributed by atoms with Gasteiger partial charge >= 0.3 is 0 Å². The van der Waals surface area contributed by atoms with Crippen molar-refractivity contribution < 1.29 is 0 Å². The van der Waals surface area contributed by atoms with Gasteiger partial charge in [0.15, 0.2) is 0 Å². The molecular formula is C16H13IN2. The average Bonchev–Trinajstić information content (AvgIpc) is 2.91. The highest BCUT2D eigenvalue weighted by molar-refractivity contribution is 14.1. The first-order valence-corrected chi connectivity index (χ1v) is 7.21. The summed E-state index contributed by atoms with van der Waals surface area (Å²) in [5.74, 6) is 0. The van der Waals surface area contributed by atoms with E-state index in [-0.39, 0.29) is 0 Å². The lowest BCUT2D eigenvalue weighted by atomic mass is 10.1. The first-order valence-electron chi connectivity index (χ1n) is 6.13. The molecule has 94 valence electrons. The van der Waals surface area contributed by atoms with Crippen LogP contribution in [0.5, 0.6) is 0 Å². The number of benzene rings is 2. The summed E-state index contributed by atoms with van der Waals surface area (Å²) in [4.78, 5) is 0. The number of halogens is 1. The molecule has 3 rings (SSSR count). The Morgan fingerprint density at radius 1 is 0.895 bits per heavy atom. The van der Waals surface area contributed by atoms with Gasteiger partial charge in [-0.1, -0.05) is 42.5 Å².